The predicted molar refractivity (Wildman–Crippen MR) is 60.3 cm³/mol. The fraction of sp³-hybridized carbons (Fsp3) is 0.364. The standard InChI is InChI=1S/C11H13F3N2O2/c1-7(15-2)10(17)16-8-3-5-9(6-4-8)18-11(12,13)14/h3-7,15H,1-2H3,(H,16,17). The normalized spacial score (nSPS) is 12.9. The third-order valence-electron chi connectivity index (χ3n) is 2.18. The van der Waals surface area contributed by atoms with E-state index in [4.69, 9.17) is 0 Å². The van der Waals surface area contributed by atoms with Crippen molar-refractivity contribution in [3.63, 3.8) is 0 Å². The van der Waals surface area contributed by atoms with E-state index in [9.17, 15) is 18.0 Å². The number of rotatable bonds is 4. The van der Waals surface area contributed by atoms with Gasteiger partial charge in [0.25, 0.3) is 0 Å². The van der Waals surface area contributed by atoms with E-state index in [0.717, 1.165) is 12.1 Å². The van der Waals surface area contributed by atoms with Crippen LogP contribution in [0.25, 0.3) is 0 Å². The number of carbonyl (C=O) groups excluding carboxylic acids is 1. The molecule has 0 aliphatic heterocycles. The van der Waals surface area contributed by atoms with Crippen molar-refractivity contribution in [2.24, 2.45) is 0 Å². The van der Waals surface area contributed by atoms with Crippen LogP contribution >= 0.6 is 0 Å². The second-order valence-corrected chi connectivity index (χ2v) is 3.57. The van der Waals surface area contributed by atoms with E-state index in [1.807, 2.05) is 0 Å². The smallest absolute Gasteiger partial charge is 0.406 e. The average Bonchev–Trinajstić information content (AvgIpc) is 2.28. The van der Waals surface area contributed by atoms with Crippen molar-refractivity contribution >= 4 is 11.6 Å². The number of anilines is 1. The lowest BCUT2D eigenvalue weighted by molar-refractivity contribution is -0.274. The van der Waals surface area contributed by atoms with Crippen LogP contribution in [0.15, 0.2) is 24.3 Å². The van der Waals surface area contributed by atoms with Crippen molar-refractivity contribution in [1.82, 2.24) is 5.32 Å². The summed E-state index contributed by atoms with van der Waals surface area (Å²) in [5, 5.41) is 5.29. The number of carbonyl (C=O) groups is 1. The second-order valence-electron chi connectivity index (χ2n) is 3.57. The van der Waals surface area contributed by atoms with E-state index in [2.05, 4.69) is 15.4 Å². The average molecular weight is 262 g/mol. The number of hydrogen-bond donors (Lipinski definition) is 2. The summed E-state index contributed by atoms with van der Waals surface area (Å²) in [7, 11) is 1.63. The van der Waals surface area contributed by atoms with Crippen molar-refractivity contribution in [3.05, 3.63) is 24.3 Å². The largest absolute Gasteiger partial charge is 0.573 e. The molecule has 1 aromatic carbocycles. The molecular formula is C11H13F3N2O2. The van der Waals surface area contributed by atoms with Crippen molar-refractivity contribution in [2.45, 2.75) is 19.3 Å². The van der Waals surface area contributed by atoms with Crippen LogP contribution in [0.5, 0.6) is 5.75 Å². The van der Waals surface area contributed by atoms with Crippen molar-refractivity contribution < 1.29 is 22.7 Å². The van der Waals surface area contributed by atoms with E-state index < -0.39 is 12.4 Å². The summed E-state index contributed by atoms with van der Waals surface area (Å²) in [6.45, 7) is 1.66. The highest BCUT2D eigenvalue weighted by molar-refractivity contribution is 5.94. The Morgan fingerprint density at radius 1 is 1.28 bits per heavy atom. The maximum Gasteiger partial charge on any atom is 0.573 e. The Kier molecular flexibility index (Phi) is 4.55. The van der Waals surface area contributed by atoms with E-state index in [1.165, 1.54) is 12.1 Å². The minimum absolute atomic E-state index is 0.276. The van der Waals surface area contributed by atoms with Gasteiger partial charge in [0.2, 0.25) is 5.91 Å². The molecule has 0 aromatic heterocycles. The molecule has 18 heavy (non-hydrogen) atoms. The van der Waals surface area contributed by atoms with Gasteiger partial charge in [-0.2, -0.15) is 0 Å². The summed E-state index contributed by atoms with van der Waals surface area (Å²) in [6.07, 6.45) is -4.72. The Bertz CT molecular complexity index is 404. The Morgan fingerprint density at radius 2 is 1.83 bits per heavy atom. The molecular weight excluding hydrogens is 249 g/mol. The number of alkyl halides is 3. The molecule has 4 nitrogen and oxygen atoms in total. The number of halogens is 3. The van der Waals surface area contributed by atoms with E-state index in [1.54, 1.807) is 14.0 Å². The third-order valence-corrected chi connectivity index (χ3v) is 2.18. The number of benzene rings is 1. The lowest BCUT2D eigenvalue weighted by Gasteiger charge is -2.12. The third kappa shape index (κ3) is 4.62. The molecule has 0 radical (unpaired) electrons. The Balaban J connectivity index is 2.63. The number of amides is 1. The van der Waals surface area contributed by atoms with Gasteiger partial charge < -0.3 is 15.4 Å². The van der Waals surface area contributed by atoms with Crippen LogP contribution in [0.3, 0.4) is 0 Å². The molecule has 0 bridgehead atoms. The SMILES string of the molecule is CNC(C)C(=O)Nc1ccc(OC(F)(F)F)cc1. The fourth-order valence-electron chi connectivity index (χ4n) is 1.12. The number of hydrogen-bond acceptors (Lipinski definition) is 3. The zero-order chi connectivity index (χ0) is 13.8. The van der Waals surface area contributed by atoms with E-state index in [-0.39, 0.29) is 11.7 Å². The molecule has 0 spiro atoms. The van der Waals surface area contributed by atoms with Crippen molar-refractivity contribution in [2.75, 3.05) is 12.4 Å². The zero-order valence-corrected chi connectivity index (χ0v) is 9.84. The van der Waals surface area contributed by atoms with Crippen LogP contribution in [0.4, 0.5) is 18.9 Å². The Morgan fingerprint density at radius 3 is 2.28 bits per heavy atom. The minimum Gasteiger partial charge on any atom is -0.406 e. The number of likely N-dealkylation sites (N-methyl/N-ethyl adjacent to an activating group) is 1. The maximum atomic E-state index is 11.9. The molecule has 0 aliphatic rings. The predicted octanol–water partition coefficient (Wildman–Crippen LogP) is 2.13. The molecule has 1 rings (SSSR count). The highest BCUT2D eigenvalue weighted by Crippen LogP contribution is 2.23. The molecule has 0 saturated heterocycles. The molecule has 1 aromatic rings. The first-order valence-corrected chi connectivity index (χ1v) is 5.16. The van der Waals surface area contributed by atoms with Crippen LogP contribution in [-0.4, -0.2) is 25.4 Å². The van der Waals surface area contributed by atoms with Crippen molar-refractivity contribution in [3.8, 4) is 5.75 Å². The fourth-order valence-corrected chi connectivity index (χ4v) is 1.12. The summed E-state index contributed by atoms with van der Waals surface area (Å²) in [4.78, 5) is 11.5. The molecule has 0 aliphatic carbocycles. The lowest BCUT2D eigenvalue weighted by Crippen LogP contribution is -2.35. The van der Waals surface area contributed by atoms with Gasteiger partial charge in [0.05, 0.1) is 6.04 Å². The van der Waals surface area contributed by atoms with Gasteiger partial charge in [0.15, 0.2) is 0 Å². The molecule has 0 heterocycles. The summed E-state index contributed by atoms with van der Waals surface area (Å²) in [6, 6.07) is 4.54. The van der Waals surface area contributed by atoms with E-state index >= 15 is 0 Å². The Hall–Kier alpha value is -1.76. The van der Waals surface area contributed by atoms with E-state index in [0.29, 0.717) is 5.69 Å². The number of nitrogens with one attached hydrogen (secondary N) is 2. The van der Waals surface area contributed by atoms with Gasteiger partial charge in [-0.15, -0.1) is 13.2 Å². The molecule has 100 valence electrons. The molecule has 1 atom stereocenters. The highest BCUT2D eigenvalue weighted by atomic mass is 19.4. The molecule has 0 fully saturated rings. The van der Waals surface area contributed by atoms with Gasteiger partial charge in [-0.25, -0.2) is 0 Å². The first kappa shape index (κ1) is 14.3. The van der Waals surface area contributed by atoms with Gasteiger partial charge in [0.1, 0.15) is 5.75 Å². The lowest BCUT2D eigenvalue weighted by atomic mass is 10.2. The summed E-state index contributed by atoms with van der Waals surface area (Å²) in [5.41, 5.74) is 0.400. The minimum atomic E-state index is -4.72. The molecule has 2 N–H and O–H groups in total. The van der Waals surface area contributed by atoms with Crippen LogP contribution in [0.2, 0.25) is 0 Å². The van der Waals surface area contributed by atoms with Crippen LogP contribution < -0.4 is 15.4 Å². The monoisotopic (exact) mass is 262 g/mol. The van der Waals surface area contributed by atoms with Gasteiger partial charge >= 0.3 is 6.36 Å². The van der Waals surface area contributed by atoms with Gasteiger partial charge in [-0.05, 0) is 38.2 Å². The summed E-state index contributed by atoms with van der Waals surface area (Å²) >= 11 is 0. The zero-order valence-electron chi connectivity index (χ0n) is 9.84. The topological polar surface area (TPSA) is 50.4 Å². The second kappa shape index (κ2) is 5.72. The van der Waals surface area contributed by atoms with Crippen LogP contribution in [0, 0.1) is 0 Å². The first-order chi connectivity index (χ1) is 8.31. The first-order valence-electron chi connectivity index (χ1n) is 5.16. The van der Waals surface area contributed by atoms with Gasteiger partial charge in [-0.1, -0.05) is 0 Å². The summed E-state index contributed by atoms with van der Waals surface area (Å²) < 4.78 is 39.4. The molecule has 1 unspecified atom stereocenters. The maximum absolute atomic E-state index is 11.9. The quantitative estimate of drug-likeness (QED) is 0.874. The van der Waals surface area contributed by atoms with Crippen LogP contribution in [-0.2, 0) is 4.79 Å². The molecule has 7 heteroatoms. The van der Waals surface area contributed by atoms with Crippen molar-refractivity contribution in [1.29, 1.82) is 0 Å². The molecule has 0 saturated carbocycles. The van der Waals surface area contributed by atoms with Gasteiger partial charge in [0, 0.05) is 5.69 Å². The number of ether oxygens (including phenoxy) is 1. The summed E-state index contributed by atoms with van der Waals surface area (Å²) in [5.74, 6) is -0.607. The molecule has 1 amide bonds. The highest BCUT2D eigenvalue weighted by Gasteiger charge is 2.30. The Labute approximate surface area is 102 Å². The van der Waals surface area contributed by atoms with Gasteiger partial charge in [-0.3, -0.25) is 4.79 Å². The van der Waals surface area contributed by atoms with Crippen LogP contribution in [0.1, 0.15) is 6.92 Å².